The van der Waals surface area contributed by atoms with E-state index < -0.39 is 47.0 Å². The van der Waals surface area contributed by atoms with Crippen LogP contribution in [0, 0.1) is 0 Å². The van der Waals surface area contributed by atoms with Gasteiger partial charge in [0.25, 0.3) is 0 Å². The van der Waals surface area contributed by atoms with Crippen molar-refractivity contribution >= 4 is 184 Å². The minimum absolute atomic E-state index is 0. The van der Waals surface area contributed by atoms with Gasteiger partial charge in [0.15, 0.2) is 0 Å². The fourth-order valence-electron chi connectivity index (χ4n) is 0. The third-order valence-electron chi connectivity index (χ3n) is 0. The standard InChI is InChI=1S/3AsO3.5Pb/c3*2-1(3)4;;;;;/q3*-3;;4*+2. The third kappa shape index (κ3) is 248. The Morgan fingerprint density at radius 1 is 0.353 bits per heavy atom. The van der Waals surface area contributed by atoms with Gasteiger partial charge >= 0.3 is 193 Å². The molecular weight excluding hydrogens is 1400 g/mol. The molecule has 0 fully saturated rings. The van der Waals surface area contributed by atoms with Crippen LogP contribution in [0.1, 0.15) is 0 Å². The second-order valence-corrected chi connectivity index (χ2v) is 3.49. The van der Waals surface area contributed by atoms with Crippen LogP contribution in [0.3, 0.4) is 0 Å². The first-order valence-corrected chi connectivity index (χ1v) is 8.54. The molecule has 90 valence electrons. The smallest absolute Gasteiger partial charge is 0 e. The van der Waals surface area contributed by atoms with Crippen LogP contribution in [-0.2, 0) is 0 Å². The Labute approximate surface area is 215 Å². The number of hydrogen-bond acceptors (Lipinski definition) is 9. The van der Waals surface area contributed by atoms with Gasteiger partial charge in [-0.2, -0.15) is 0 Å². The van der Waals surface area contributed by atoms with Crippen molar-refractivity contribution in [3.05, 3.63) is 0 Å². The van der Waals surface area contributed by atoms with Crippen LogP contribution in [0.15, 0.2) is 0 Å². The monoisotopic (exact) mass is 1410 g/mol. The van der Waals surface area contributed by atoms with Crippen molar-refractivity contribution in [2.45, 2.75) is 0 Å². The zero-order valence-corrected chi connectivity index (χ0v) is 32.6. The molecule has 0 aliphatic heterocycles. The molecule has 0 saturated carbocycles. The van der Waals surface area contributed by atoms with Crippen LogP contribution in [0.4, 0.5) is 0 Å². The molecule has 0 amide bonds. The molecule has 0 aromatic carbocycles. The predicted octanol–water partition coefficient (Wildman–Crippen LogP) is -13.7. The van der Waals surface area contributed by atoms with Crippen LogP contribution in [0.5, 0.6) is 0 Å². The van der Waals surface area contributed by atoms with Crippen LogP contribution >= 0.6 is 0 Å². The second kappa shape index (κ2) is 43.1. The summed E-state index contributed by atoms with van der Waals surface area (Å²) in [6.07, 6.45) is 0. The van der Waals surface area contributed by atoms with Crippen LogP contribution in [0.25, 0.3) is 0 Å². The largest absolute Gasteiger partial charge is 2.00 e. The van der Waals surface area contributed by atoms with E-state index in [1.54, 1.807) is 0 Å². The molecule has 0 unspecified atom stereocenters. The normalized spacial score (nSPS) is 6.35. The third-order valence-corrected chi connectivity index (χ3v) is 0. The summed E-state index contributed by atoms with van der Waals surface area (Å²) >= 11 is -11.8. The van der Waals surface area contributed by atoms with Gasteiger partial charge in [0.2, 0.25) is 0 Å². The summed E-state index contributed by atoms with van der Waals surface area (Å²) < 4.78 is 77.1. The van der Waals surface area contributed by atoms with Crippen molar-refractivity contribution in [3.8, 4) is 0 Å². The van der Waals surface area contributed by atoms with E-state index in [0.717, 1.165) is 0 Å². The van der Waals surface area contributed by atoms with Crippen LogP contribution < -0.4 is 36.9 Å². The van der Waals surface area contributed by atoms with E-state index in [1.165, 1.54) is 0 Å². The maximum atomic E-state index is 8.56. The molecule has 0 atom stereocenters. The van der Waals surface area contributed by atoms with Gasteiger partial charge < -0.3 is 0 Å². The van der Waals surface area contributed by atoms with E-state index in [0.29, 0.717) is 0 Å². The molecule has 0 rings (SSSR count). The molecule has 0 aliphatic rings. The van der Waals surface area contributed by atoms with Crippen molar-refractivity contribution in [1.82, 2.24) is 0 Å². The van der Waals surface area contributed by atoms with Gasteiger partial charge in [-0.15, -0.1) is 0 Å². The Kier molecular flexibility index (Phi) is 125. The first-order valence-electron chi connectivity index (χ1n) is 1.64. The summed E-state index contributed by atoms with van der Waals surface area (Å²) in [5.41, 5.74) is 0. The molecule has 0 spiro atoms. The second-order valence-electron chi connectivity index (χ2n) is 0.671. The molecule has 17 heteroatoms. The Morgan fingerprint density at radius 3 is 0.353 bits per heavy atom. The quantitative estimate of drug-likeness (QED) is 0.211. The summed E-state index contributed by atoms with van der Waals surface area (Å²) in [6, 6.07) is 0. The summed E-state index contributed by atoms with van der Waals surface area (Å²) in [4.78, 5) is 0. The number of rotatable bonds is 0. The van der Waals surface area contributed by atoms with E-state index in [4.69, 9.17) is 36.9 Å². The zero-order chi connectivity index (χ0) is 10.7. The average molecular weight is 1400 g/mol. The summed E-state index contributed by atoms with van der Waals surface area (Å²) in [5.74, 6) is 0. The molecule has 0 bridgehead atoms. The molecule has 0 saturated heterocycles. The SMILES string of the molecule is [O-][As]([O-])[O-].[O-][As]([O-])[O-].[O-][As]([O-])[O-].[Pb+2].[Pb+2].[Pb+2].[Pb+2].[Pb]. The number of hydrogen-bond donors (Lipinski definition) is 0. The summed E-state index contributed by atoms with van der Waals surface area (Å²) in [7, 11) is 0. The Hall–Kier alpha value is 5.93. The van der Waals surface area contributed by atoms with Crippen LogP contribution in [0.2, 0.25) is 0 Å². The van der Waals surface area contributed by atoms with E-state index in [-0.39, 0.29) is 136 Å². The Morgan fingerprint density at radius 2 is 0.353 bits per heavy atom. The van der Waals surface area contributed by atoms with E-state index >= 15 is 0 Å². The molecule has 0 heterocycles. The van der Waals surface area contributed by atoms with Gasteiger partial charge in [0.1, 0.15) is 0 Å². The van der Waals surface area contributed by atoms with Gasteiger partial charge in [-0.05, 0) is 0 Å². The van der Waals surface area contributed by atoms with Crippen molar-refractivity contribution in [1.29, 1.82) is 0 Å². The van der Waals surface area contributed by atoms with Gasteiger partial charge in [-0.3, -0.25) is 0 Å². The molecule has 9 nitrogen and oxygen atoms in total. The molecule has 0 aromatic heterocycles. The minimum Gasteiger partial charge on any atom is 0 e. The van der Waals surface area contributed by atoms with Gasteiger partial charge in [0.05, 0.1) is 0 Å². The molecule has 12 radical (unpaired) electrons. The van der Waals surface area contributed by atoms with Crippen molar-refractivity contribution in [2.75, 3.05) is 0 Å². The molecule has 0 N–H and O–H groups in total. The fourth-order valence-corrected chi connectivity index (χ4v) is 0. The molecular formula is As3O9Pb5-. The average Bonchev–Trinajstić information content (AvgIpc) is 1.54. The molecule has 17 heavy (non-hydrogen) atoms. The first kappa shape index (κ1) is 49.5. The van der Waals surface area contributed by atoms with E-state index in [2.05, 4.69) is 0 Å². The van der Waals surface area contributed by atoms with Gasteiger partial charge in [0, 0.05) is 27.3 Å². The Bertz CT molecular complexity index is 53.1. The minimum atomic E-state index is -3.94. The van der Waals surface area contributed by atoms with Crippen molar-refractivity contribution in [3.63, 3.8) is 0 Å². The summed E-state index contributed by atoms with van der Waals surface area (Å²) in [6.45, 7) is 0. The maximum absolute atomic E-state index is 8.56. The topological polar surface area (TPSA) is 208 Å². The molecule has 0 aromatic rings. The van der Waals surface area contributed by atoms with Gasteiger partial charge in [-0.1, -0.05) is 0 Å². The Balaban J connectivity index is -0.0000000104. The van der Waals surface area contributed by atoms with Crippen molar-refractivity contribution < 1.29 is 36.9 Å². The van der Waals surface area contributed by atoms with Crippen LogP contribution in [-0.4, -0.2) is 184 Å². The fraction of sp³-hybridized carbons (Fsp3) is 0. The predicted molar refractivity (Wildman–Crippen MR) is 46.0 cm³/mol. The van der Waals surface area contributed by atoms with Gasteiger partial charge in [-0.25, -0.2) is 0 Å². The molecule has 0 aliphatic carbocycles. The summed E-state index contributed by atoms with van der Waals surface area (Å²) in [5, 5.41) is 0. The first-order chi connectivity index (χ1) is 5.20. The van der Waals surface area contributed by atoms with Crippen molar-refractivity contribution in [2.24, 2.45) is 0 Å². The zero-order valence-electron chi connectivity index (χ0n) is 7.52. The van der Waals surface area contributed by atoms with E-state index in [1.807, 2.05) is 0 Å². The maximum Gasteiger partial charge on any atom is 2.00 e. The van der Waals surface area contributed by atoms with E-state index in [9.17, 15) is 0 Å².